The molecule has 16 heavy (non-hydrogen) atoms. The number of hydrogen-bond acceptors (Lipinski definition) is 2. The Hall–Kier alpha value is -1.57. The van der Waals surface area contributed by atoms with Crippen LogP contribution in [0.1, 0.15) is 37.0 Å². The molecule has 1 aromatic rings. The number of ether oxygens (including phenoxy) is 1. The third-order valence-corrected chi connectivity index (χ3v) is 2.37. The van der Waals surface area contributed by atoms with Crippen molar-refractivity contribution in [3.63, 3.8) is 0 Å². The minimum Gasteiger partial charge on any atom is -0.458 e. The zero-order valence-corrected chi connectivity index (χ0v) is 9.85. The van der Waals surface area contributed by atoms with Crippen LogP contribution < -0.4 is 0 Å². The molecule has 1 unspecified atom stereocenters. The number of esters is 1. The van der Waals surface area contributed by atoms with Gasteiger partial charge in [0, 0.05) is 6.42 Å². The predicted octanol–water partition coefficient (Wildman–Crippen LogP) is 3.59. The molecular formula is C14H18O2. The van der Waals surface area contributed by atoms with Crippen LogP contribution >= 0.6 is 0 Å². The molecule has 0 amide bonds. The summed E-state index contributed by atoms with van der Waals surface area (Å²) in [6, 6.07) is 9.09. The SMILES string of the molecule is C/C=C\CC(CC)OC(=O)c1ccccc1. The Morgan fingerprint density at radius 3 is 2.62 bits per heavy atom. The second kappa shape index (κ2) is 6.83. The number of carbonyl (C=O) groups excluding carboxylic acids is 1. The fourth-order valence-electron chi connectivity index (χ4n) is 1.38. The van der Waals surface area contributed by atoms with E-state index in [9.17, 15) is 4.79 Å². The molecule has 1 rings (SSSR count). The van der Waals surface area contributed by atoms with Gasteiger partial charge in [-0.05, 0) is 25.5 Å². The van der Waals surface area contributed by atoms with Gasteiger partial charge in [0.1, 0.15) is 6.10 Å². The fourth-order valence-corrected chi connectivity index (χ4v) is 1.38. The lowest BCUT2D eigenvalue weighted by Gasteiger charge is -2.14. The molecule has 1 aromatic carbocycles. The monoisotopic (exact) mass is 218 g/mol. The van der Waals surface area contributed by atoms with E-state index < -0.39 is 0 Å². The topological polar surface area (TPSA) is 26.3 Å². The van der Waals surface area contributed by atoms with Gasteiger partial charge < -0.3 is 4.74 Å². The molecule has 0 N–H and O–H groups in total. The van der Waals surface area contributed by atoms with E-state index in [2.05, 4.69) is 0 Å². The largest absolute Gasteiger partial charge is 0.458 e. The molecule has 0 saturated carbocycles. The molecule has 0 heterocycles. The summed E-state index contributed by atoms with van der Waals surface area (Å²) in [5.74, 6) is -0.239. The number of benzene rings is 1. The summed E-state index contributed by atoms with van der Waals surface area (Å²) in [4.78, 5) is 11.7. The molecule has 0 radical (unpaired) electrons. The molecule has 0 aromatic heterocycles. The van der Waals surface area contributed by atoms with Gasteiger partial charge in [-0.25, -0.2) is 4.79 Å². The lowest BCUT2D eigenvalue weighted by molar-refractivity contribution is 0.0300. The van der Waals surface area contributed by atoms with Gasteiger partial charge in [0.2, 0.25) is 0 Å². The molecule has 0 bridgehead atoms. The third kappa shape index (κ3) is 3.89. The first-order valence-corrected chi connectivity index (χ1v) is 5.65. The quantitative estimate of drug-likeness (QED) is 0.557. The van der Waals surface area contributed by atoms with Gasteiger partial charge in [0.25, 0.3) is 0 Å². The molecule has 0 spiro atoms. The minimum atomic E-state index is -0.239. The summed E-state index contributed by atoms with van der Waals surface area (Å²) in [7, 11) is 0. The van der Waals surface area contributed by atoms with Crippen LogP contribution in [0.3, 0.4) is 0 Å². The summed E-state index contributed by atoms with van der Waals surface area (Å²) in [6.45, 7) is 3.98. The predicted molar refractivity (Wildman–Crippen MR) is 65.4 cm³/mol. The number of carbonyl (C=O) groups is 1. The molecule has 86 valence electrons. The zero-order chi connectivity index (χ0) is 11.8. The highest BCUT2D eigenvalue weighted by Gasteiger charge is 2.12. The van der Waals surface area contributed by atoms with Crippen LogP contribution in [-0.2, 0) is 4.74 Å². The Morgan fingerprint density at radius 1 is 1.38 bits per heavy atom. The van der Waals surface area contributed by atoms with E-state index in [1.54, 1.807) is 12.1 Å². The van der Waals surface area contributed by atoms with Crippen LogP contribution in [-0.4, -0.2) is 12.1 Å². The van der Waals surface area contributed by atoms with Crippen molar-refractivity contribution in [2.75, 3.05) is 0 Å². The van der Waals surface area contributed by atoms with Crippen LogP contribution in [0.4, 0.5) is 0 Å². The van der Waals surface area contributed by atoms with Gasteiger partial charge in [-0.2, -0.15) is 0 Å². The van der Waals surface area contributed by atoms with E-state index >= 15 is 0 Å². The molecule has 0 aliphatic carbocycles. The van der Waals surface area contributed by atoms with Crippen molar-refractivity contribution in [1.82, 2.24) is 0 Å². The molecule has 2 heteroatoms. The highest BCUT2D eigenvalue weighted by Crippen LogP contribution is 2.09. The second-order valence-electron chi connectivity index (χ2n) is 3.61. The van der Waals surface area contributed by atoms with Crippen molar-refractivity contribution in [3.8, 4) is 0 Å². The first-order chi connectivity index (χ1) is 7.77. The van der Waals surface area contributed by atoms with E-state index in [0.717, 1.165) is 12.8 Å². The Labute approximate surface area is 96.9 Å². The van der Waals surface area contributed by atoms with Crippen molar-refractivity contribution < 1.29 is 9.53 Å². The molecule has 0 aliphatic rings. The molecular weight excluding hydrogens is 200 g/mol. The highest BCUT2D eigenvalue weighted by atomic mass is 16.5. The fraction of sp³-hybridized carbons (Fsp3) is 0.357. The molecule has 0 saturated heterocycles. The Balaban J connectivity index is 2.55. The molecule has 2 nitrogen and oxygen atoms in total. The lowest BCUT2D eigenvalue weighted by atomic mass is 10.2. The van der Waals surface area contributed by atoms with Crippen molar-refractivity contribution in [2.45, 2.75) is 32.8 Å². The average molecular weight is 218 g/mol. The van der Waals surface area contributed by atoms with Crippen molar-refractivity contribution in [2.24, 2.45) is 0 Å². The van der Waals surface area contributed by atoms with Crippen molar-refractivity contribution >= 4 is 5.97 Å². The van der Waals surface area contributed by atoms with Gasteiger partial charge >= 0.3 is 5.97 Å². The van der Waals surface area contributed by atoms with Crippen LogP contribution in [0.15, 0.2) is 42.5 Å². The zero-order valence-electron chi connectivity index (χ0n) is 9.85. The van der Waals surface area contributed by atoms with Crippen LogP contribution in [0, 0.1) is 0 Å². The van der Waals surface area contributed by atoms with E-state index in [1.807, 2.05) is 44.2 Å². The third-order valence-electron chi connectivity index (χ3n) is 2.37. The number of rotatable bonds is 5. The molecule has 0 aliphatic heterocycles. The maximum Gasteiger partial charge on any atom is 0.338 e. The Bertz CT molecular complexity index is 341. The smallest absolute Gasteiger partial charge is 0.338 e. The van der Waals surface area contributed by atoms with Gasteiger partial charge in [-0.3, -0.25) is 0 Å². The van der Waals surface area contributed by atoms with E-state index in [0.29, 0.717) is 5.56 Å². The minimum absolute atomic E-state index is 0.0242. The first kappa shape index (κ1) is 12.5. The van der Waals surface area contributed by atoms with E-state index in [1.165, 1.54) is 0 Å². The maximum absolute atomic E-state index is 11.7. The van der Waals surface area contributed by atoms with E-state index in [4.69, 9.17) is 4.74 Å². The van der Waals surface area contributed by atoms with Gasteiger partial charge in [0.15, 0.2) is 0 Å². The maximum atomic E-state index is 11.7. The Kier molecular flexibility index (Phi) is 5.34. The summed E-state index contributed by atoms with van der Waals surface area (Å²) in [5.41, 5.74) is 0.612. The van der Waals surface area contributed by atoms with Crippen LogP contribution in [0.5, 0.6) is 0 Å². The standard InChI is InChI=1S/C14H18O2/c1-3-5-11-13(4-2)16-14(15)12-9-7-6-8-10-12/h3,5-10,13H,4,11H2,1-2H3/b5-3-. The van der Waals surface area contributed by atoms with Crippen LogP contribution in [0.25, 0.3) is 0 Å². The first-order valence-electron chi connectivity index (χ1n) is 5.65. The van der Waals surface area contributed by atoms with E-state index in [-0.39, 0.29) is 12.1 Å². The molecule has 1 atom stereocenters. The number of hydrogen-bond donors (Lipinski definition) is 0. The summed E-state index contributed by atoms with van der Waals surface area (Å²) in [5, 5.41) is 0. The summed E-state index contributed by atoms with van der Waals surface area (Å²) >= 11 is 0. The van der Waals surface area contributed by atoms with Crippen molar-refractivity contribution in [1.29, 1.82) is 0 Å². The second-order valence-corrected chi connectivity index (χ2v) is 3.61. The lowest BCUT2D eigenvalue weighted by Crippen LogP contribution is -2.16. The Morgan fingerprint density at radius 2 is 2.06 bits per heavy atom. The highest BCUT2D eigenvalue weighted by molar-refractivity contribution is 5.89. The average Bonchev–Trinajstić information content (AvgIpc) is 2.35. The molecule has 0 fully saturated rings. The van der Waals surface area contributed by atoms with Gasteiger partial charge in [0.05, 0.1) is 5.56 Å². The van der Waals surface area contributed by atoms with Crippen LogP contribution in [0.2, 0.25) is 0 Å². The van der Waals surface area contributed by atoms with Crippen molar-refractivity contribution in [3.05, 3.63) is 48.0 Å². The van der Waals surface area contributed by atoms with Gasteiger partial charge in [-0.15, -0.1) is 0 Å². The van der Waals surface area contributed by atoms with Gasteiger partial charge in [-0.1, -0.05) is 37.3 Å². The number of allylic oxidation sites excluding steroid dienone is 1. The summed E-state index contributed by atoms with van der Waals surface area (Å²) in [6.07, 6.45) is 5.59. The normalized spacial score (nSPS) is 12.6. The summed E-state index contributed by atoms with van der Waals surface area (Å²) < 4.78 is 5.40.